The zero-order chi connectivity index (χ0) is 16.3. The van der Waals surface area contributed by atoms with E-state index in [2.05, 4.69) is 19.9 Å². The van der Waals surface area contributed by atoms with Gasteiger partial charge >= 0.3 is 12.0 Å². The van der Waals surface area contributed by atoms with Crippen LogP contribution in [0, 0.1) is 0 Å². The zero-order valence-corrected chi connectivity index (χ0v) is 13.7. The van der Waals surface area contributed by atoms with Crippen molar-refractivity contribution < 1.29 is 9.47 Å². The first-order valence-corrected chi connectivity index (χ1v) is 6.65. The van der Waals surface area contributed by atoms with Gasteiger partial charge in [0.25, 0.3) is 0 Å². The highest BCUT2D eigenvalue weighted by Gasteiger charge is 2.13. The minimum absolute atomic E-state index is 0.283. The number of rotatable bonds is 5. The Labute approximate surface area is 129 Å². The fourth-order valence-electron chi connectivity index (χ4n) is 1.73. The lowest BCUT2D eigenvalue weighted by Gasteiger charge is -2.15. The molecule has 2 rings (SSSR count). The van der Waals surface area contributed by atoms with Crippen LogP contribution in [0.25, 0.3) is 11.4 Å². The maximum absolute atomic E-state index is 5.17. The smallest absolute Gasteiger partial charge is 0.318 e. The van der Waals surface area contributed by atoms with Crippen molar-refractivity contribution in [3.63, 3.8) is 0 Å². The number of nitrogens with zero attached hydrogens (tertiary/aromatic N) is 6. The Kier molecular flexibility index (Phi) is 4.59. The summed E-state index contributed by atoms with van der Waals surface area (Å²) in [6.07, 6.45) is 0. The van der Waals surface area contributed by atoms with E-state index in [0.717, 1.165) is 11.6 Å². The maximum atomic E-state index is 5.17. The van der Waals surface area contributed by atoms with Crippen molar-refractivity contribution in [1.82, 2.24) is 19.9 Å². The summed E-state index contributed by atoms with van der Waals surface area (Å²) in [5.74, 6) is 1.46. The van der Waals surface area contributed by atoms with Crippen molar-refractivity contribution in [2.24, 2.45) is 0 Å². The van der Waals surface area contributed by atoms with Gasteiger partial charge in [-0.05, 0) is 0 Å². The van der Waals surface area contributed by atoms with Crippen LogP contribution in [0.4, 0.5) is 11.6 Å². The summed E-state index contributed by atoms with van der Waals surface area (Å²) in [4.78, 5) is 21.0. The fraction of sp³-hybridized carbons (Fsp3) is 0.429. The number of ether oxygens (including phenoxy) is 2. The Bertz CT molecular complexity index is 602. The van der Waals surface area contributed by atoms with Gasteiger partial charge in [0.2, 0.25) is 0 Å². The van der Waals surface area contributed by atoms with Crippen LogP contribution in [0.3, 0.4) is 0 Å². The first-order chi connectivity index (χ1) is 10.4. The largest absolute Gasteiger partial charge is 0.467 e. The minimum Gasteiger partial charge on any atom is -0.467 e. The number of hydrogen-bond acceptors (Lipinski definition) is 8. The third kappa shape index (κ3) is 3.33. The molecule has 118 valence electrons. The van der Waals surface area contributed by atoms with E-state index in [-0.39, 0.29) is 12.0 Å². The molecule has 2 aromatic heterocycles. The standard InChI is InChI=1S/C14H20N6O2/c1-19(2)11-7-9(15-13(17-11)21-5)10-8-12(20(3)4)18-14(16-10)22-6/h7-8H,1-6H3. The van der Waals surface area contributed by atoms with Gasteiger partial charge in [-0.15, -0.1) is 0 Å². The molecule has 0 fully saturated rings. The van der Waals surface area contributed by atoms with E-state index in [0.29, 0.717) is 11.4 Å². The van der Waals surface area contributed by atoms with Gasteiger partial charge in [0, 0.05) is 40.3 Å². The molecule has 8 nitrogen and oxygen atoms in total. The highest BCUT2D eigenvalue weighted by Crippen LogP contribution is 2.25. The van der Waals surface area contributed by atoms with E-state index in [4.69, 9.17) is 9.47 Å². The highest BCUT2D eigenvalue weighted by atomic mass is 16.5. The Morgan fingerprint density at radius 2 is 1.05 bits per heavy atom. The number of aromatic nitrogens is 4. The second-order valence-electron chi connectivity index (χ2n) is 4.99. The molecule has 0 aromatic carbocycles. The molecule has 0 saturated carbocycles. The molecular formula is C14H20N6O2. The Balaban J connectivity index is 2.59. The Hall–Kier alpha value is -2.64. The molecule has 0 aliphatic carbocycles. The molecule has 2 aromatic rings. The molecule has 0 unspecified atom stereocenters. The lowest BCUT2D eigenvalue weighted by Crippen LogP contribution is -2.13. The van der Waals surface area contributed by atoms with Crippen LogP contribution in [0.15, 0.2) is 12.1 Å². The topological polar surface area (TPSA) is 76.5 Å². The molecule has 0 amide bonds. The predicted octanol–water partition coefficient (Wildman–Crippen LogP) is 1.08. The van der Waals surface area contributed by atoms with Crippen LogP contribution >= 0.6 is 0 Å². The van der Waals surface area contributed by atoms with Gasteiger partial charge in [-0.3, -0.25) is 0 Å². The lowest BCUT2D eigenvalue weighted by atomic mass is 10.2. The third-order valence-electron chi connectivity index (χ3n) is 2.93. The van der Waals surface area contributed by atoms with Crippen molar-refractivity contribution in [2.45, 2.75) is 0 Å². The molecule has 0 atom stereocenters. The van der Waals surface area contributed by atoms with E-state index >= 15 is 0 Å². The van der Waals surface area contributed by atoms with Gasteiger partial charge < -0.3 is 19.3 Å². The molecule has 0 bridgehead atoms. The van der Waals surface area contributed by atoms with Gasteiger partial charge in [0.1, 0.15) is 11.6 Å². The van der Waals surface area contributed by atoms with Gasteiger partial charge in [-0.25, -0.2) is 0 Å². The Morgan fingerprint density at radius 1 is 0.682 bits per heavy atom. The SMILES string of the molecule is COc1nc(-c2cc(N(C)C)nc(OC)n2)cc(N(C)C)n1. The first kappa shape index (κ1) is 15.7. The zero-order valence-electron chi connectivity index (χ0n) is 13.7. The van der Waals surface area contributed by atoms with Gasteiger partial charge in [-0.2, -0.15) is 19.9 Å². The van der Waals surface area contributed by atoms with Crippen molar-refractivity contribution >= 4 is 11.6 Å². The number of anilines is 2. The number of hydrogen-bond donors (Lipinski definition) is 0. The van der Waals surface area contributed by atoms with Crippen LogP contribution in [-0.2, 0) is 0 Å². The second-order valence-corrected chi connectivity index (χ2v) is 4.99. The van der Waals surface area contributed by atoms with Crippen LogP contribution < -0.4 is 19.3 Å². The minimum atomic E-state index is 0.283. The highest BCUT2D eigenvalue weighted by molar-refractivity contribution is 5.63. The van der Waals surface area contributed by atoms with Crippen molar-refractivity contribution in [3.8, 4) is 23.4 Å². The summed E-state index contributed by atoms with van der Waals surface area (Å²) in [5.41, 5.74) is 1.28. The van der Waals surface area contributed by atoms with Gasteiger partial charge in [-0.1, -0.05) is 0 Å². The summed E-state index contributed by atoms with van der Waals surface area (Å²) in [5, 5.41) is 0. The van der Waals surface area contributed by atoms with Gasteiger partial charge in [0.05, 0.1) is 25.6 Å². The normalized spacial score (nSPS) is 10.3. The van der Waals surface area contributed by atoms with E-state index in [1.165, 1.54) is 14.2 Å². The average molecular weight is 304 g/mol. The molecule has 0 N–H and O–H groups in total. The first-order valence-electron chi connectivity index (χ1n) is 6.65. The van der Waals surface area contributed by atoms with Crippen LogP contribution in [0.1, 0.15) is 0 Å². The average Bonchev–Trinajstić information content (AvgIpc) is 2.53. The second kappa shape index (κ2) is 6.42. The lowest BCUT2D eigenvalue weighted by molar-refractivity contribution is 0.378. The molecule has 2 heterocycles. The summed E-state index contributed by atoms with van der Waals surface area (Å²) >= 11 is 0. The Morgan fingerprint density at radius 3 is 1.32 bits per heavy atom. The van der Waals surface area contributed by atoms with Crippen LogP contribution in [-0.4, -0.2) is 62.3 Å². The summed E-state index contributed by atoms with van der Waals surface area (Å²) in [6, 6.07) is 4.24. The molecule has 22 heavy (non-hydrogen) atoms. The molecule has 0 aliphatic rings. The monoisotopic (exact) mass is 304 g/mol. The predicted molar refractivity (Wildman–Crippen MR) is 84.8 cm³/mol. The van der Waals surface area contributed by atoms with E-state index in [9.17, 15) is 0 Å². The number of methoxy groups -OCH3 is 2. The van der Waals surface area contributed by atoms with Gasteiger partial charge in [0.15, 0.2) is 0 Å². The van der Waals surface area contributed by atoms with E-state index in [1.807, 2.05) is 50.1 Å². The molecule has 0 saturated heterocycles. The fourth-order valence-corrected chi connectivity index (χ4v) is 1.73. The summed E-state index contributed by atoms with van der Waals surface area (Å²) in [7, 11) is 10.7. The van der Waals surface area contributed by atoms with Crippen LogP contribution in [0.5, 0.6) is 12.0 Å². The van der Waals surface area contributed by atoms with Crippen molar-refractivity contribution in [2.75, 3.05) is 52.2 Å². The maximum Gasteiger partial charge on any atom is 0.318 e. The third-order valence-corrected chi connectivity index (χ3v) is 2.93. The molecular weight excluding hydrogens is 284 g/mol. The van der Waals surface area contributed by atoms with E-state index < -0.39 is 0 Å². The van der Waals surface area contributed by atoms with Crippen molar-refractivity contribution in [3.05, 3.63) is 12.1 Å². The molecule has 0 aliphatic heterocycles. The molecule has 0 radical (unpaired) electrons. The summed E-state index contributed by atoms with van der Waals surface area (Å²) in [6.45, 7) is 0. The van der Waals surface area contributed by atoms with Crippen LogP contribution in [0.2, 0.25) is 0 Å². The summed E-state index contributed by atoms with van der Waals surface area (Å²) < 4.78 is 10.3. The quantitative estimate of drug-likeness (QED) is 0.812. The molecule has 8 heteroatoms. The molecule has 0 spiro atoms. The van der Waals surface area contributed by atoms with E-state index in [1.54, 1.807) is 0 Å². The van der Waals surface area contributed by atoms with Crippen molar-refractivity contribution in [1.29, 1.82) is 0 Å².